The Labute approximate surface area is 393 Å². The third kappa shape index (κ3) is 49.1. The van der Waals surface area contributed by atoms with E-state index < -0.39 is 12.1 Å². The molecule has 0 aromatic carbocycles. The first-order valence-corrected chi connectivity index (χ1v) is 26.0. The van der Waals surface area contributed by atoms with Crippen molar-refractivity contribution < 1.29 is 28.6 Å². The summed E-state index contributed by atoms with van der Waals surface area (Å²) in [7, 11) is 0. The fourth-order valence-electron chi connectivity index (χ4n) is 6.76. The third-order valence-corrected chi connectivity index (χ3v) is 10.6. The van der Waals surface area contributed by atoms with Crippen molar-refractivity contribution in [2.24, 2.45) is 0 Å². The van der Waals surface area contributed by atoms with E-state index in [9.17, 15) is 14.4 Å². The van der Waals surface area contributed by atoms with E-state index >= 15 is 0 Å². The molecular formula is C58H94O6. The number of hydrogen-bond acceptors (Lipinski definition) is 6. The zero-order valence-corrected chi connectivity index (χ0v) is 41.3. The average Bonchev–Trinajstić information content (AvgIpc) is 3.29. The van der Waals surface area contributed by atoms with Crippen LogP contribution >= 0.6 is 0 Å². The van der Waals surface area contributed by atoms with Crippen molar-refractivity contribution in [1.82, 2.24) is 0 Å². The predicted octanol–water partition coefficient (Wildman–Crippen LogP) is 17.1. The van der Waals surface area contributed by atoms with E-state index in [1.807, 2.05) is 42.5 Å². The number of hydrogen-bond donors (Lipinski definition) is 0. The van der Waals surface area contributed by atoms with Crippen molar-refractivity contribution in [1.29, 1.82) is 0 Å². The normalized spacial score (nSPS) is 13.0. The lowest BCUT2D eigenvalue weighted by molar-refractivity contribution is -0.166. The summed E-state index contributed by atoms with van der Waals surface area (Å²) in [5.74, 6) is -1.08. The number of carbonyl (C=O) groups excluding carboxylic acids is 3. The van der Waals surface area contributed by atoms with Gasteiger partial charge in [0.2, 0.25) is 0 Å². The van der Waals surface area contributed by atoms with Gasteiger partial charge in [-0.3, -0.25) is 14.4 Å². The van der Waals surface area contributed by atoms with E-state index in [0.717, 1.165) is 83.5 Å². The maximum absolute atomic E-state index is 12.8. The second-order valence-corrected chi connectivity index (χ2v) is 16.8. The highest BCUT2D eigenvalue weighted by atomic mass is 16.6. The largest absolute Gasteiger partial charge is 0.462 e. The first kappa shape index (κ1) is 60.1. The van der Waals surface area contributed by atoms with Gasteiger partial charge in [0, 0.05) is 12.8 Å². The summed E-state index contributed by atoms with van der Waals surface area (Å²) in [6.07, 6.45) is 69.6. The summed E-state index contributed by atoms with van der Waals surface area (Å²) in [6.45, 7) is 6.30. The zero-order chi connectivity index (χ0) is 46.5. The van der Waals surface area contributed by atoms with Crippen LogP contribution in [0.3, 0.4) is 0 Å². The highest BCUT2D eigenvalue weighted by Crippen LogP contribution is 2.14. The summed E-state index contributed by atoms with van der Waals surface area (Å²) >= 11 is 0. The Morgan fingerprint density at radius 3 is 1.28 bits per heavy atom. The molecule has 0 saturated heterocycles. The average molecular weight is 887 g/mol. The van der Waals surface area contributed by atoms with E-state index in [4.69, 9.17) is 14.2 Å². The zero-order valence-electron chi connectivity index (χ0n) is 41.3. The number of ether oxygens (including phenoxy) is 3. The molecule has 1 atom stereocenters. The molecule has 0 saturated carbocycles. The third-order valence-electron chi connectivity index (χ3n) is 10.6. The molecule has 6 nitrogen and oxygen atoms in total. The van der Waals surface area contributed by atoms with Gasteiger partial charge in [-0.15, -0.1) is 0 Å². The fraction of sp³-hybridized carbons (Fsp3) is 0.638. The minimum absolute atomic E-state index is 0.120. The van der Waals surface area contributed by atoms with Gasteiger partial charge in [0.25, 0.3) is 0 Å². The van der Waals surface area contributed by atoms with Gasteiger partial charge < -0.3 is 14.2 Å². The first-order valence-electron chi connectivity index (χ1n) is 26.0. The molecule has 0 aromatic rings. The van der Waals surface area contributed by atoms with E-state index in [1.54, 1.807) is 6.08 Å². The summed E-state index contributed by atoms with van der Waals surface area (Å²) in [5.41, 5.74) is 0. The first-order chi connectivity index (χ1) is 31.5. The molecule has 0 aliphatic rings. The van der Waals surface area contributed by atoms with Gasteiger partial charge in [0.05, 0.1) is 6.42 Å². The topological polar surface area (TPSA) is 78.9 Å². The quantitative estimate of drug-likeness (QED) is 0.0199. The number of unbranched alkanes of at least 4 members (excludes halogenated alkanes) is 21. The Balaban J connectivity index is 4.43. The second kappa shape index (κ2) is 51.7. The predicted molar refractivity (Wildman–Crippen MR) is 274 cm³/mol. The molecule has 64 heavy (non-hydrogen) atoms. The highest BCUT2D eigenvalue weighted by molar-refractivity contribution is 5.72. The lowest BCUT2D eigenvalue weighted by Crippen LogP contribution is -2.30. The molecular weight excluding hydrogens is 793 g/mol. The van der Waals surface area contributed by atoms with Crippen molar-refractivity contribution in [3.05, 3.63) is 109 Å². The molecule has 0 N–H and O–H groups in total. The Bertz CT molecular complexity index is 1340. The molecule has 362 valence electrons. The van der Waals surface area contributed by atoms with Crippen molar-refractivity contribution in [3.63, 3.8) is 0 Å². The van der Waals surface area contributed by atoms with Gasteiger partial charge in [-0.25, -0.2) is 0 Å². The maximum Gasteiger partial charge on any atom is 0.309 e. The van der Waals surface area contributed by atoms with Crippen LogP contribution in [0.15, 0.2) is 109 Å². The molecule has 0 aliphatic heterocycles. The van der Waals surface area contributed by atoms with Crippen LogP contribution in [0.5, 0.6) is 0 Å². The lowest BCUT2D eigenvalue weighted by atomic mass is 10.1. The Kier molecular flexibility index (Phi) is 48.5. The molecule has 0 heterocycles. The lowest BCUT2D eigenvalue weighted by Gasteiger charge is -2.18. The van der Waals surface area contributed by atoms with Crippen LogP contribution in [0, 0.1) is 0 Å². The monoisotopic (exact) mass is 887 g/mol. The minimum atomic E-state index is -0.830. The van der Waals surface area contributed by atoms with Crippen LogP contribution in [-0.4, -0.2) is 37.2 Å². The minimum Gasteiger partial charge on any atom is -0.462 e. The molecule has 0 aliphatic carbocycles. The van der Waals surface area contributed by atoms with Gasteiger partial charge in [-0.2, -0.15) is 0 Å². The van der Waals surface area contributed by atoms with Crippen LogP contribution < -0.4 is 0 Å². The summed E-state index contributed by atoms with van der Waals surface area (Å²) in [4.78, 5) is 37.8. The Hall–Kier alpha value is -3.93. The van der Waals surface area contributed by atoms with Crippen LogP contribution in [0.1, 0.15) is 220 Å². The van der Waals surface area contributed by atoms with Gasteiger partial charge in [0.1, 0.15) is 13.2 Å². The van der Waals surface area contributed by atoms with Crippen LogP contribution in [0.4, 0.5) is 0 Å². The fourth-order valence-corrected chi connectivity index (χ4v) is 6.76. The number of rotatable bonds is 45. The SMILES string of the molecule is CC/C=C\C/C=C\C/C=C\CC(=O)OCC(COC(=O)CCCCCCCCC/C=C\CCCCCCCCCC)OC(=O)CCCCCCC\C=C/C=C\C=C/C=C\C=C/CCC. The van der Waals surface area contributed by atoms with Crippen molar-refractivity contribution >= 4 is 17.9 Å². The maximum atomic E-state index is 12.8. The van der Waals surface area contributed by atoms with Gasteiger partial charge in [-0.1, -0.05) is 233 Å². The van der Waals surface area contributed by atoms with E-state index in [2.05, 4.69) is 81.5 Å². The molecule has 0 amide bonds. The van der Waals surface area contributed by atoms with E-state index in [-0.39, 0.29) is 38.0 Å². The molecule has 0 spiro atoms. The van der Waals surface area contributed by atoms with Gasteiger partial charge >= 0.3 is 17.9 Å². The molecule has 0 radical (unpaired) electrons. The number of allylic oxidation sites excluding steroid dienone is 17. The van der Waals surface area contributed by atoms with Crippen LogP contribution in [0.2, 0.25) is 0 Å². The molecule has 0 bridgehead atoms. The molecule has 0 aromatic heterocycles. The number of esters is 3. The van der Waals surface area contributed by atoms with Crippen molar-refractivity contribution in [3.8, 4) is 0 Å². The smallest absolute Gasteiger partial charge is 0.309 e. The molecule has 6 heteroatoms. The Morgan fingerprint density at radius 2 is 0.766 bits per heavy atom. The van der Waals surface area contributed by atoms with Crippen LogP contribution in [-0.2, 0) is 28.6 Å². The van der Waals surface area contributed by atoms with Crippen molar-refractivity contribution in [2.75, 3.05) is 13.2 Å². The Morgan fingerprint density at radius 1 is 0.359 bits per heavy atom. The standard InChI is InChI=1S/C58H94O6/c1-4-7-10-13-16-19-21-23-25-27-29-31-32-34-36-39-42-45-48-51-57(60)63-54-55(53-62-56(59)50-47-44-41-38-18-15-12-9-6-3)64-58(61)52-49-46-43-40-37-35-33-30-28-26-24-22-20-17-14-11-8-5-2/h9,11-12,14,17-18,20,22,24,26-30,33,38,44,47,55H,4-8,10,13,15-16,19,21,23,25,31-32,34-37,39-43,45-46,48-54H2,1-3H3/b12-9-,14-11-,20-17-,24-22-,28-26-,29-27-,33-30-,38-18-,47-44-. The van der Waals surface area contributed by atoms with Crippen molar-refractivity contribution in [2.45, 2.75) is 226 Å². The highest BCUT2D eigenvalue weighted by Gasteiger charge is 2.19. The summed E-state index contributed by atoms with van der Waals surface area (Å²) in [6, 6.07) is 0. The van der Waals surface area contributed by atoms with E-state index in [1.165, 1.54) is 96.3 Å². The molecule has 0 rings (SSSR count). The van der Waals surface area contributed by atoms with Crippen LogP contribution in [0.25, 0.3) is 0 Å². The van der Waals surface area contributed by atoms with E-state index in [0.29, 0.717) is 6.42 Å². The van der Waals surface area contributed by atoms with Gasteiger partial charge in [-0.05, 0) is 77.0 Å². The number of carbonyl (C=O) groups is 3. The second-order valence-electron chi connectivity index (χ2n) is 16.8. The molecule has 1 unspecified atom stereocenters. The summed E-state index contributed by atoms with van der Waals surface area (Å²) < 4.78 is 16.6. The molecule has 0 fully saturated rings. The summed E-state index contributed by atoms with van der Waals surface area (Å²) in [5, 5.41) is 0. The van der Waals surface area contributed by atoms with Gasteiger partial charge in [0.15, 0.2) is 6.10 Å².